The van der Waals surface area contributed by atoms with E-state index in [4.69, 9.17) is 9.26 Å². The second-order valence-electron chi connectivity index (χ2n) is 7.54. The Balaban J connectivity index is 1.69. The van der Waals surface area contributed by atoms with E-state index >= 15 is 0 Å². The van der Waals surface area contributed by atoms with Crippen LogP contribution in [0.1, 0.15) is 22.8 Å². The number of carboxylic acids is 1. The number of H-pyrrole nitrogens is 1. The van der Waals surface area contributed by atoms with Crippen molar-refractivity contribution < 1.29 is 19.2 Å². The van der Waals surface area contributed by atoms with Crippen LogP contribution in [0.3, 0.4) is 0 Å². The number of aromatic carboxylic acids is 1. The smallest absolute Gasteiger partial charge is 0.439 e. The van der Waals surface area contributed by atoms with Crippen molar-refractivity contribution in [3.63, 3.8) is 0 Å². The van der Waals surface area contributed by atoms with E-state index in [2.05, 4.69) is 15.1 Å². The van der Waals surface area contributed by atoms with Gasteiger partial charge in [-0.05, 0) is 35.7 Å². The van der Waals surface area contributed by atoms with Crippen molar-refractivity contribution in [2.24, 2.45) is 0 Å². The van der Waals surface area contributed by atoms with E-state index in [0.717, 1.165) is 16.7 Å². The highest BCUT2D eigenvalue weighted by Gasteiger charge is 2.20. The molecule has 0 atom stereocenters. The first-order chi connectivity index (χ1) is 16.6. The van der Waals surface area contributed by atoms with E-state index in [-0.39, 0.29) is 5.56 Å². The number of nitrogens with one attached hydrogen (secondary N) is 1. The van der Waals surface area contributed by atoms with Crippen LogP contribution < -0.4 is 10.5 Å². The Hall–Kier alpha value is -4.66. The highest BCUT2D eigenvalue weighted by atomic mass is 16.5. The molecular weight excluding hydrogens is 436 g/mol. The maximum Gasteiger partial charge on any atom is 0.439 e. The van der Waals surface area contributed by atoms with Crippen LogP contribution in [0.4, 0.5) is 0 Å². The van der Waals surface area contributed by atoms with Crippen molar-refractivity contribution in [3.05, 3.63) is 88.4 Å². The second-order valence-corrected chi connectivity index (χ2v) is 7.54. The molecule has 170 valence electrons. The first kappa shape index (κ1) is 21.2. The van der Waals surface area contributed by atoms with E-state index in [1.165, 1.54) is 0 Å². The van der Waals surface area contributed by atoms with E-state index in [0.29, 0.717) is 41.6 Å². The minimum atomic E-state index is -1.04. The van der Waals surface area contributed by atoms with Crippen molar-refractivity contribution in [1.82, 2.24) is 19.7 Å². The molecule has 0 spiro atoms. The lowest BCUT2D eigenvalue weighted by atomic mass is 9.95. The number of aromatic amines is 1. The van der Waals surface area contributed by atoms with Crippen LogP contribution in [0.5, 0.6) is 6.01 Å². The summed E-state index contributed by atoms with van der Waals surface area (Å²) >= 11 is 0. The topological polar surface area (TPSA) is 123 Å². The minimum Gasteiger partial charge on any atom is -0.478 e. The molecule has 0 amide bonds. The van der Waals surface area contributed by atoms with Crippen LogP contribution in [0.25, 0.3) is 33.5 Å². The Kier molecular flexibility index (Phi) is 5.43. The largest absolute Gasteiger partial charge is 0.478 e. The van der Waals surface area contributed by atoms with Crippen LogP contribution >= 0.6 is 0 Å². The maximum absolute atomic E-state index is 12.0. The first-order valence-corrected chi connectivity index (χ1v) is 10.7. The van der Waals surface area contributed by atoms with Crippen LogP contribution in [0.15, 0.2) is 76.0 Å². The Morgan fingerprint density at radius 1 is 1.03 bits per heavy atom. The third-order valence-electron chi connectivity index (χ3n) is 5.49. The third kappa shape index (κ3) is 3.73. The lowest BCUT2D eigenvalue weighted by Gasteiger charge is -2.15. The van der Waals surface area contributed by atoms with Crippen LogP contribution in [0, 0.1) is 0 Å². The molecule has 2 N–H and O–H groups in total. The van der Waals surface area contributed by atoms with Gasteiger partial charge in [-0.1, -0.05) is 59.8 Å². The highest BCUT2D eigenvalue weighted by molar-refractivity contribution is 6.01. The van der Waals surface area contributed by atoms with Crippen LogP contribution in [0.2, 0.25) is 0 Å². The number of rotatable bonds is 7. The molecule has 0 fully saturated rings. The molecule has 3 aromatic carbocycles. The van der Waals surface area contributed by atoms with Gasteiger partial charge in [0.15, 0.2) is 5.82 Å². The van der Waals surface area contributed by atoms with Crippen molar-refractivity contribution in [3.8, 4) is 28.5 Å². The zero-order valence-electron chi connectivity index (χ0n) is 18.2. The lowest BCUT2D eigenvalue weighted by molar-refractivity contribution is 0.0698. The van der Waals surface area contributed by atoms with Gasteiger partial charge in [0.05, 0.1) is 29.7 Å². The summed E-state index contributed by atoms with van der Waals surface area (Å²) in [5.41, 5.74) is 4.51. The summed E-state index contributed by atoms with van der Waals surface area (Å²) in [5, 5.41) is 13.6. The quantitative estimate of drug-likeness (QED) is 0.376. The zero-order chi connectivity index (χ0) is 23.7. The third-order valence-corrected chi connectivity index (χ3v) is 5.49. The summed E-state index contributed by atoms with van der Waals surface area (Å²) in [7, 11) is 0. The van der Waals surface area contributed by atoms with E-state index in [1.807, 2.05) is 55.5 Å². The fourth-order valence-corrected chi connectivity index (χ4v) is 4.08. The Morgan fingerprint density at radius 2 is 1.76 bits per heavy atom. The minimum absolute atomic E-state index is 0.147. The zero-order valence-corrected chi connectivity index (χ0v) is 18.2. The van der Waals surface area contributed by atoms with Crippen molar-refractivity contribution in [1.29, 1.82) is 0 Å². The number of imidazole rings is 1. The van der Waals surface area contributed by atoms with Crippen molar-refractivity contribution >= 4 is 17.0 Å². The number of para-hydroxylation sites is 1. The van der Waals surface area contributed by atoms with Gasteiger partial charge in [-0.2, -0.15) is 4.98 Å². The lowest BCUT2D eigenvalue weighted by Crippen LogP contribution is -2.08. The standard InChI is InChI=1S/C25H20N4O5/c1-2-33-24-26-20-13-7-12-19(23(30)31)21(20)29(24)14-15-8-3-4-9-16(15)17-10-5-6-11-18(17)22-27-25(32)34-28-22/h3-13H,2,14H2,1H3,(H,30,31)(H,27,28,32). The molecule has 0 radical (unpaired) electrons. The Labute approximate surface area is 193 Å². The Bertz CT molecular complexity index is 1560. The average Bonchev–Trinajstić information content (AvgIpc) is 3.43. The Morgan fingerprint density at radius 3 is 2.47 bits per heavy atom. The number of ether oxygens (including phenoxy) is 1. The molecule has 5 aromatic rings. The second kappa shape index (κ2) is 8.70. The summed E-state index contributed by atoms with van der Waals surface area (Å²) in [6, 6.07) is 20.6. The summed E-state index contributed by atoms with van der Waals surface area (Å²) in [6.07, 6.45) is 0. The summed E-state index contributed by atoms with van der Waals surface area (Å²) in [5.74, 6) is -1.35. The predicted molar refractivity (Wildman–Crippen MR) is 125 cm³/mol. The number of hydrogen-bond donors (Lipinski definition) is 2. The number of hydrogen-bond acceptors (Lipinski definition) is 6. The van der Waals surface area contributed by atoms with Crippen molar-refractivity contribution in [2.75, 3.05) is 6.61 Å². The van der Waals surface area contributed by atoms with Crippen LogP contribution in [-0.2, 0) is 6.54 Å². The molecule has 5 rings (SSSR count). The van der Waals surface area contributed by atoms with Gasteiger partial charge in [0.2, 0.25) is 0 Å². The molecule has 0 aliphatic heterocycles. The van der Waals surface area contributed by atoms with Gasteiger partial charge >= 0.3 is 11.7 Å². The van der Waals surface area contributed by atoms with Gasteiger partial charge in [0, 0.05) is 5.56 Å². The van der Waals surface area contributed by atoms with Gasteiger partial charge in [-0.15, -0.1) is 0 Å². The monoisotopic (exact) mass is 456 g/mol. The summed E-state index contributed by atoms with van der Waals surface area (Å²) < 4.78 is 12.3. The summed E-state index contributed by atoms with van der Waals surface area (Å²) in [4.78, 5) is 30.6. The number of nitrogens with zero attached hydrogens (tertiary/aromatic N) is 3. The van der Waals surface area contributed by atoms with Gasteiger partial charge in [0.1, 0.15) is 0 Å². The maximum atomic E-state index is 12.0. The van der Waals surface area contributed by atoms with E-state index in [1.54, 1.807) is 22.8 Å². The molecule has 2 aromatic heterocycles. The van der Waals surface area contributed by atoms with Gasteiger partial charge in [-0.25, -0.2) is 9.59 Å². The number of fused-ring (bicyclic) bond motifs is 1. The number of aromatic nitrogens is 4. The highest BCUT2D eigenvalue weighted by Crippen LogP contribution is 2.34. The number of benzene rings is 3. The molecule has 0 saturated heterocycles. The normalized spacial score (nSPS) is 11.1. The molecule has 0 aliphatic carbocycles. The molecule has 0 aliphatic rings. The van der Waals surface area contributed by atoms with Gasteiger partial charge in [0.25, 0.3) is 6.01 Å². The molecule has 0 bridgehead atoms. The fourth-order valence-electron chi connectivity index (χ4n) is 4.08. The molecular formula is C25H20N4O5. The van der Waals surface area contributed by atoms with E-state index < -0.39 is 11.7 Å². The molecule has 9 heteroatoms. The van der Waals surface area contributed by atoms with Gasteiger partial charge < -0.3 is 9.84 Å². The molecule has 9 nitrogen and oxygen atoms in total. The SMILES string of the molecule is CCOc1nc2cccc(C(=O)O)c2n1Cc1ccccc1-c1ccccc1-c1noc(=O)[nH]1. The molecule has 2 heterocycles. The predicted octanol–water partition coefficient (Wildman–Crippen LogP) is 4.19. The van der Waals surface area contributed by atoms with Crippen LogP contribution in [-0.4, -0.2) is 37.4 Å². The number of carboxylic acid groups (broad SMARTS) is 1. The molecule has 0 unspecified atom stereocenters. The molecule has 34 heavy (non-hydrogen) atoms. The average molecular weight is 456 g/mol. The van der Waals surface area contributed by atoms with Crippen molar-refractivity contribution in [2.45, 2.75) is 13.5 Å². The molecule has 0 saturated carbocycles. The number of carbonyl (C=O) groups is 1. The van der Waals surface area contributed by atoms with E-state index in [9.17, 15) is 14.7 Å². The first-order valence-electron chi connectivity index (χ1n) is 10.7. The summed E-state index contributed by atoms with van der Waals surface area (Å²) in [6.45, 7) is 2.55. The van der Waals surface area contributed by atoms with Gasteiger partial charge in [-0.3, -0.25) is 14.1 Å². The fraction of sp³-hybridized carbons (Fsp3) is 0.120.